The summed E-state index contributed by atoms with van der Waals surface area (Å²) in [6.45, 7) is 0.955. The average molecular weight is 344 g/mol. The Kier molecular flexibility index (Phi) is 6.39. The standard InChI is InChI=1S/C14H15Cl2N3O3/c1-7(17)12(13(18)19-2)14(21)22-6-11(20)9-5-8(15)3-4-10(9)16/h3-5H,6,17H2,1-2H3,(H2,18,19). The van der Waals surface area contributed by atoms with Crippen LogP contribution in [0.15, 0.2) is 34.5 Å². The minimum atomic E-state index is -0.838. The van der Waals surface area contributed by atoms with E-state index in [4.69, 9.17) is 39.4 Å². The molecule has 4 N–H and O–H groups in total. The number of esters is 1. The predicted molar refractivity (Wildman–Crippen MR) is 86.2 cm³/mol. The summed E-state index contributed by atoms with van der Waals surface area (Å²) in [7, 11) is 1.41. The fourth-order valence-electron chi connectivity index (χ4n) is 1.57. The average Bonchev–Trinajstić information content (AvgIpc) is 2.46. The Balaban J connectivity index is 2.85. The van der Waals surface area contributed by atoms with E-state index in [0.717, 1.165) is 0 Å². The zero-order valence-electron chi connectivity index (χ0n) is 12.0. The number of allylic oxidation sites excluding steroid dienone is 1. The van der Waals surface area contributed by atoms with Crippen LogP contribution in [0.2, 0.25) is 10.0 Å². The number of ether oxygens (including phenoxy) is 1. The number of halogens is 2. The number of hydrogen-bond acceptors (Lipinski definition) is 5. The van der Waals surface area contributed by atoms with Gasteiger partial charge in [0.2, 0.25) is 5.78 Å². The lowest BCUT2D eigenvalue weighted by atomic mass is 10.1. The molecule has 0 aliphatic carbocycles. The topological polar surface area (TPSA) is 108 Å². The number of rotatable bonds is 5. The number of nitrogens with two attached hydrogens (primary N) is 2. The smallest absolute Gasteiger partial charge is 0.344 e. The SMILES string of the molecule is CN=C(N)C(C(=O)OCC(=O)c1cc(Cl)ccc1Cl)=C(C)N. The quantitative estimate of drug-likeness (QED) is 0.279. The maximum atomic E-state index is 12.0. The molecule has 0 aliphatic rings. The van der Waals surface area contributed by atoms with Crippen LogP contribution < -0.4 is 11.5 Å². The van der Waals surface area contributed by atoms with Crippen LogP contribution in [-0.4, -0.2) is 31.2 Å². The molecule has 0 aromatic heterocycles. The maximum Gasteiger partial charge on any atom is 0.344 e. The highest BCUT2D eigenvalue weighted by molar-refractivity contribution is 6.36. The van der Waals surface area contributed by atoms with Crippen molar-refractivity contribution < 1.29 is 14.3 Å². The van der Waals surface area contributed by atoms with Gasteiger partial charge in [0.1, 0.15) is 11.4 Å². The van der Waals surface area contributed by atoms with Crippen LogP contribution in [-0.2, 0) is 9.53 Å². The van der Waals surface area contributed by atoms with Gasteiger partial charge in [0.25, 0.3) is 0 Å². The minimum absolute atomic E-state index is 0.0711. The molecule has 0 fully saturated rings. The van der Waals surface area contributed by atoms with Crippen molar-refractivity contribution in [1.82, 2.24) is 0 Å². The van der Waals surface area contributed by atoms with E-state index in [9.17, 15) is 9.59 Å². The van der Waals surface area contributed by atoms with Gasteiger partial charge in [0, 0.05) is 23.3 Å². The van der Waals surface area contributed by atoms with E-state index in [2.05, 4.69) is 4.99 Å². The number of hydrogen-bond donors (Lipinski definition) is 2. The first-order valence-corrected chi connectivity index (χ1v) is 6.87. The molecule has 0 saturated carbocycles. The highest BCUT2D eigenvalue weighted by atomic mass is 35.5. The van der Waals surface area contributed by atoms with Gasteiger partial charge in [0.15, 0.2) is 6.61 Å². The van der Waals surface area contributed by atoms with E-state index < -0.39 is 18.4 Å². The van der Waals surface area contributed by atoms with Crippen molar-refractivity contribution >= 4 is 40.8 Å². The molecule has 1 rings (SSSR count). The van der Waals surface area contributed by atoms with Crippen molar-refractivity contribution in [2.24, 2.45) is 16.5 Å². The molecular weight excluding hydrogens is 329 g/mol. The van der Waals surface area contributed by atoms with Crippen molar-refractivity contribution in [2.45, 2.75) is 6.92 Å². The van der Waals surface area contributed by atoms with E-state index in [1.807, 2.05) is 0 Å². The summed E-state index contributed by atoms with van der Waals surface area (Å²) < 4.78 is 4.91. The van der Waals surface area contributed by atoms with Crippen molar-refractivity contribution in [3.63, 3.8) is 0 Å². The Morgan fingerprint density at radius 3 is 2.45 bits per heavy atom. The normalized spacial score (nSPS) is 12.6. The summed E-state index contributed by atoms with van der Waals surface area (Å²) in [6, 6.07) is 4.42. The number of Topliss-reactive ketones (excluding diaryl/α,β-unsaturated/α-hetero) is 1. The van der Waals surface area contributed by atoms with Gasteiger partial charge in [-0.3, -0.25) is 9.79 Å². The number of aliphatic imine (C=N–C) groups is 1. The molecule has 0 radical (unpaired) electrons. The molecule has 0 saturated heterocycles. The third-order valence-electron chi connectivity index (χ3n) is 2.66. The lowest BCUT2D eigenvalue weighted by Crippen LogP contribution is -2.27. The molecule has 0 unspecified atom stereocenters. The first kappa shape index (κ1) is 18.0. The second-order valence-electron chi connectivity index (χ2n) is 4.29. The molecule has 0 amide bonds. The number of amidine groups is 1. The van der Waals surface area contributed by atoms with Crippen LogP contribution in [0.25, 0.3) is 0 Å². The lowest BCUT2D eigenvalue weighted by molar-refractivity contribution is -0.137. The van der Waals surface area contributed by atoms with Crippen LogP contribution >= 0.6 is 23.2 Å². The van der Waals surface area contributed by atoms with E-state index in [-0.39, 0.29) is 27.7 Å². The second-order valence-corrected chi connectivity index (χ2v) is 5.13. The van der Waals surface area contributed by atoms with Gasteiger partial charge in [-0.1, -0.05) is 23.2 Å². The molecule has 0 atom stereocenters. The fourth-order valence-corrected chi connectivity index (χ4v) is 1.97. The van der Waals surface area contributed by atoms with Crippen LogP contribution in [0, 0.1) is 0 Å². The molecule has 22 heavy (non-hydrogen) atoms. The molecular formula is C14H15Cl2N3O3. The van der Waals surface area contributed by atoms with E-state index >= 15 is 0 Å². The van der Waals surface area contributed by atoms with Gasteiger partial charge in [-0.2, -0.15) is 0 Å². The Morgan fingerprint density at radius 1 is 1.27 bits per heavy atom. The molecule has 6 nitrogen and oxygen atoms in total. The predicted octanol–water partition coefficient (Wildman–Crippen LogP) is 1.94. The van der Waals surface area contributed by atoms with Crippen molar-refractivity contribution in [3.8, 4) is 0 Å². The highest BCUT2D eigenvalue weighted by Crippen LogP contribution is 2.21. The highest BCUT2D eigenvalue weighted by Gasteiger charge is 2.20. The first-order chi connectivity index (χ1) is 10.3. The van der Waals surface area contributed by atoms with Crippen molar-refractivity contribution in [2.75, 3.05) is 13.7 Å². The van der Waals surface area contributed by atoms with Crippen LogP contribution in [0.3, 0.4) is 0 Å². The van der Waals surface area contributed by atoms with Gasteiger partial charge < -0.3 is 16.2 Å². The third-order valence-corrected chi connectivity index (χ3v) is 3.22. The maximum absolute atomic E-state index is 12.0. The Labute approximate surface area is 137 Å². The van der Waals surface area contributed by atoms with Crippen molar-refractivity contribution in [3.05, 3.63) is 45.1 Å². The Hall–Kier alpha value is -2.05. The summed E-state index contributed by atoms with van der Waals surface area (Å²) in [5.74, 6) is -1.41. The van der Waals surface area contributed by atoms with E-state index in [1.54, 1.807) is 6.07 Å². The first-order valence-electron chi connectivity index (χ1n) is 6.12. The summed E-state index contributed by atoms with van der Waals surface area (Å²) in [5, 5.41) is 0.561. The minimum Gasteiger partial charge on any atom is -0.454 e. The van der Waals surface area contributed by atoms with Gasteiger partial charge in [0.05, 0.1) is 5.02 Å². The summed E-state index contributed by atoms with van der Waals surface area (Å²) in [5.41, 5.74) is 11.4. The summed E-state index contributed by atoms with van der Waals surface area (Å²) >= 11 is 11.7. The van der Waals surface area contributed by atoms with Crippen molar-refractivity contribution in [1.29, 1.82) is 0 Å². The van der Waals surface area contributed by atoms with Gasteiger partial charge in [-0.15, -0.1) is 0 Å². The number of carbonyl (C=O) groups excluding carboxylic acids is 2. The van der Waals surface area contributed by atoms with Gasteiger partial charge in [-0.05, 0) is 25.1 Å². The van der Waals surface area contributed by atoms with Crippen LogP contribution in [0.1, 0.15) is 17.3 Å². The number of benzene rings is 1. The zero-order chi connectivity index (χ0) is 16.9. The monoisotopic (exact) mass is 343 g/mol. The molecule has 0 bridgehead atoms. The molecule has 1 aromatic rings. The Morgan fingerprint density at radius 2 is 1.91 bits per heavy atom. The zero-order valence-corrected chi connectivity index (χ0v) is 13.5. The summed E-state index contributed by atoms with van der Waals surface area (Å²) in [6.07, 6.45) is 0. The van der Waals surface area contributed by atoms with Gasteiger partial charge in [-0.25, -0.2) is 4.79 Å². The molecule has 0 spiro atoms. The third kappa shape index (κ3) is 4.47. The second kappa shape index (κ2) is 7.82. The van der Waals surface area contributed by atoms with Crippen LogP contribution in [0.5, 0.6) is 0 Å². The number of ketones is 1. The molecule has 8 heteroatoms. The number of carbonyl (C=O) groups is 2. The van der Waals surface area contributed by atoms with E-state index in [1.165, 1.54) is 26.1 Å². The summed E-state index contributed by atoms with van der Waals surface area (Å²) in [4.78, 5) is 27.6. The lowest BCUT2D eigenvalue weighted by Gasteiger charge is -2.09. The Bertz CT molecular complexity index is 665. The fraction of sp³-hybridized carbons (Fsp3) is 0.214. The van der Waals surface area contributed by atoms with Crippen LogP contribution in [0.4, 0.5) is 0 Å². The van der Waals surface area contributed by atoms with Gasteiger partial charge >= 0.3 is 5.97 Å². The molecule has 1 aromatic carbocycles. The number of nitrogens with zero attached hydrogens (tertiary/aromatic N) is 1. The van der Waals surface area contributed by atoms with E-state index in [0.29, 0.717) is 5.02 Å². The molecule has 0 aliphatic heterocycles. The molecule has 0 heterocycles. The largest absolute Gasteiger partial charge is 0.454 e. The molecule has 118 valence electrons.